The lowest BCUT2D eigenvalue weighted by Gasteiger charge is -2.48. The highest BCUT2D eigenvalue weighted by Gasteiger charge is 2.42. The molecule has 0 spiro atoms. The van der Waals surface area contributed by atoms with Gasteiger partial charge in [0.15, 0.2) is 0 Å². The monoisotopic (exact) mass is 358 g/mol. The fourth-order valence-corrected chi connectivity index (χ4v) is 5.19. The lowest BCUT2D eigenvalue weighted by molar-refractivity contribution is 0.0108. The Labute approximate surface area is 158 Å². The summed E-state index contributed by atoms with van der Waals surface area (Å²) in [6.07, 6.45) is 7.93. The normalized spacial score (nSPS) is 21.4. The van der Waals surface area contributed by atoms with Crippen molar-refractivity contribution < 1.29 is 9.90 Å². The number of amides is 1. The Balaban J connectivity index is 1.62. The summed E-state index contributed by atoms with van der Waals surface area (Å²) in [6.45, 7) is 6.62. The van der Waals surface area contributed by atoms with Crippen molar-refractivity contribution in [3.05, 3.63) is 35.9 Å². The van der Waals surface area contributed by atoms with Crippen LogP contribution in [0.25, 0.3) is 0 Å². The SMILES string of the molecule is CCN(CC1(C2CCN(Cc3ccccc3)CC2)CCCCC1)C(=O)O. The van der Waals surface area contributed by atoms with Gasteiger partial charge in [-0.25, -0.2) is 4.79 Å². The van der Waals surface area contributed by atoms with Gasteiger partial charge in [0.25, 0.3) is 0 Å². The molecule has 2 fully saturated rings. The van der Waals surface area contributed by atoms with Gasteiger partial charge < -0.3 is 10.0 Å². The summed E-state index contributed by atoms with van der Waals surface area (Å²) < 4.78 is 0. The summed E-state index contributed by atoms with van der Waals surface area (Å²) in [5.41, 5.74) is 1.60. The molecule has 4 nitrogen and oxygen atoms in total. The average molecular weight is 359 g/mol. The maximum absolute atomic E-state index is 11.6. The zero-order valence-electron chi connectivity index (χ0n) is 16.2. The van der Waals surface area contributed by atoms with Crippen LogP contribution in [-0.2, 0) is 6.54 Å². The number of likely N-dealkylation sites (tertiary alicyclic amines) is 1. The van der Waals surface area contributed by atoms with Crippen molar-refractivity contribution in [2.75, 3.05) is 26.2 Å². The zero-order chi connectivity index (χ0) is 18.4. The molecule has 1 saturated heterocycles. The summed E-state index contributed by atoms with van der Waals surface area (Å²) in [5, 5.41) is 9.54. The molecule has 1 aliphatic carbocycles. The minimum Gasteiger partial charge on any atom is -0.465 e. The molecule has 0 radical (unpaired) electrons. The predicted octanol–water partition coefficient (Wildman–Crippen LogP) is 4.85. The molecule has 0 aromatic heterocycles. The molecule has 0 bridgehead atoms. The number of hydrogen-bond donors (Lipinski definition) is 1. The van der Waals surface area contributed by atoms with Gasteiger partial charge in [-0.3, -0.25) is 4.90 Å². The van der Waals surface area contributed by atoms with E-state index < -0.39 is 6.09 Å². The molecule has 2 aliphatic rings. The van der Waals surface area contributed by atoms with Crippen LogP contribution in [0.15, 0.2) is 30.3 Å². The van der Waals surface area contributed by atoms with E-state index in [2.05, 4.69) is 35.2 Å². The van der Waals surface area contributed by atoms with Crippen LogP contribution in [0.5, 0.6) is 0 Å². The fraction of sp³-hybridized carbons (Fsp3) is 0.682. The van der Waals surface area contributed by atoms with E-state index in [1.54, 1.807) is 4.90 Å². The molecular formula is C22H34N2O2. The number of rotatable bonds is 6. The van der Waals surface area contributed by atoms with Crippen molar-refractivity contribution in [1.29, 1.82) is 0 Å². The van der Waals surface area contributed by atoms with E-state index in [0.29, 0.717) is 12.5 Å². The Morgan fingerprint density at radius 1 is 1.15 bits per heavy atom. The van der Waals surface area contributed by atoms with E-state index in [0.717, 1.165) is 26.2 Å². The van der Waals surface area contributed by atoms with Gasteiger partial charge in [-0.15, -0.1) is 0 Å². The number of carboxylic acid groups (broad SMARTS) is 1. The van der Waals surface area contributed by atoms with E-state index in [1.165, 1.54) is 50.5 Å². The van der Waals surface area contributed by atoms with Crippen LogP contribution in [0.2, 0.25) is 0 Å². The standard InChI is InChI=1S/C22H34N2O2/c1-2-24(21(25)26)18-22(13-7-4-8-14-22)20-11-15-23(16-12-20)17-19-9-5-3-6-10-19/h3,5-6,9-10,20H,2,4,7-8,11-18H2,1H3,(H,25,26). The highest BCUT2D eigenvalue weighted by Crippen LogP contribution is 2.47. The fourth-order valence-electron chi connectivity index (χ4n) is 5.19. The van der Waals surface area contributed by atoms with Gasteiger partial charge in [-0.05, 0) is 62.6 Å². The van der Waals surface area contributed by atoms with Crippen LogP contribution in [-0.4, -0.2) is 47.2 Å². The summed E-state index contributed by atoms with van der Waals surface area (Å²) in [5.74, 6) is 0.670. The second-order valence-corrected chi connectivity index (χ2v) is 8.26. The number of carbonyl (C=O) groups is 1. The summed E-state index contributed by atoms with van der Waals surface area (Å²) in [4.78, 5) is 15.8. The van der Waals surface area contributed by atoms with E-state index in [9.17, 15) is 9.90 Å². The topological polar surface area (TPSA) is 43.8 Å². The number of hydrogen-bond acceptors (Lipinski definition) is 2. The molecule has 1 saturated carbocycles. The molecule has 1 aromatic rings. The molecule has 1 heterocycles. The Kier molecular flexibility index (Phi) is 6.58. The first-order chi connectivity index (χ1) is 12.6. The van der Waals surface area contributed by atoms with Gasteiger partial charge in [0, 0.05) is 19.6 Å². The maximum atomic E-state index is 11.6. The van der Waals surface area contributed by atoms with Crippen molar-refractivity contribution in [2.24, 2.45) is 11.3 Å². The van der Waals surface area contributed by atoms with E-state index in [4.69, 9.17) is 0 Å². The van der Waals surface area contributed by atoms with E-state index >= 15 is 0 Å². The van der Waals surface area contributed by atoms with Crippen LogP contribution >= 0.6 is 0 Å². The molecule has 1 aromatic carbocycles. The molecule has 1 amide bonds. The van der Waals surface area contributed by atoms with Crippen molar-refractivity contribution in [3.8, 4) is 0 Å². The molecule has 144 valence electrons. The molecular weight excluding hydrogens is 324 g/mol. The van der Waals surface area contributed by atoms with Gasteiger partial charge in [0.05, 0.1) is 0 Å². The first kappa shape index (κ1) is 19.2. The first-order valence-corrected chi connectivity index (χ1v) is 10.4. The Morgan fingerprint density at radius 3 is 2.38 bits per heavy atom. The molecule has 1 N–H and O–H groups in total. The lowest BCUT2D eigenvalue weighted by atomic mass is 9.62. The van der Waals surface area contributed by atoms with Crippen LogP contribution in [0.4, 0.5) is 4.79 Å². The zero-order valence-corrected chi connectivity index (χ0v) is 16.2. The molecule has 0 unspecified atom stereocenters. The predicted molar refractivity (Wildman–Crippen MR) is 105 cm³/mol. The van der Waals surface area contributed by atoms with Crippen molar-refractivity contribution >= 4 is 6.09 Å². The largest absolute Gasteiger partial charge is 0.465 e. The Bertz CT molecular complexity index is 561. The molecule has 0 atom stereocenters. The van der Waals surface area contributed by atoms with Crippen LogP contribution < -0.4 is 0 Å². The van der Waals surface area contributed by atoms with E-state index in [-0.39, 0.29) is 5.41 Å². The number of benzene rings is 1. The molecule has 3 rings (SSSR count). The lowest BCUT2D eigenvalue weighted by Crippen LogP contribution is -2.49. The minimum absolute atomic E-state index is 0.214. The Hall–Kier alpha value is -1.55. The second kappa shape index (κ2) is 8.90. The average Bonchev–Trinajstić information content (AvgIpc) is 2.68. The van der Waals surface area contributed by atoms with Gasteiger partial charge in [-0.2, -0.15) is 0 Å². The second-order valence-electron chi connectivity index (χ2n) is 8.26. The number of nitrogens with zero attached hydrogens (tertiary/aromatic N) is 2. The third kappa shape index (κ3) is 4.59. The minimum atomic E-state index is -0.751. The third-order valence-electron chi connectivity index (χ3n) is 6.71. The molecule has 26 heavy (non-hydrogen) atoms. The number of piperidine rings is 1. The summed E-state index contributed by atoms with van der Waals surface area (Å²) in [6, 6.07) is 10.7. The van der Waals surface area contributed by atoms with Gasteiger partial charge in [0.2, 0.25) is 0 Å². The molecule has 4 heteroatoms. The smallest absolute Gasteiger partial charge is 0.407 e. The van der Waals surface area contributed by atoms with Gasteiger partial charge in [0.1, 0.15) is 0 Å². The molecule has 1 aliphatic heterocycles. The van der Waals surface area contributed by atoms with Crippen LogP contribution in [0, 0.1) is 11.3 Å². The summed E-state index contributed by atoms with van der Waals surface area (Å²) in [7, 11) is 0. The maximum Gasteiger partial charge on any atom is 0.407 e. The van der Waals surface area contributed by atoms with Crippen molar-refractivity contribution in [3.63, 3.8) is 0 Å². The van der Waals surface area contributed by atoms with Gasteiger partial charge in [-0.1, -0.05) is 49.6 Å². The first-order valence-electron chi connectivity index (χ1n) is 10.4. The van der Waals surface area contributed by atoms with Crippen molar-refractivity contribution in [1.82, 2.24) is 9.80 Å². The van der Waals surface area contributed by atoms with Gasteiger partial charge >= 0.3 is 6.09 Å². The highest BCUT2D eigenvalue weighted by atomic mass is 16.4. The summed E-state index contributed by atoms with van der Waals surface area (Å²) >= 11 is 0. The van der Waals surface area contributed by atoms with E-state index in [1.807, 2.05) is 6.92 Å². The van der Waals surface area contributed by atoms with Crippen LogP contribution in [0.3, 0.4) is 0 Å². The van der Waals surface area contributed by atoms with Crippen LogP contribution in [0.1, 0.15) is 57.4 Å². The van der Waals surface area contributed by atoms with Crippen molar-refractivity contribution in [2.45, 2.75) is 58.4 Å². The Morgan fingerprint density at radius 2 is 1.81 bits per heavy atom. The highest BCUT2D eigenvalue weighted by molar-refractivity contribution is 5.64. The quantitative estimate of drug-likeness (QED) is 0.790. The third-order valence-corrected chi connectivity index (χ3v) is 6.71.